The van der Waals surface area contributed by atoms with Gasteiger partial charge in [0.1, 0.15) is 0 Å². The van der Waals surface area contributed by atoms with Gasteiger partial charge in [0.15, 0.2) is 0 Å². The fourth-order valence-corrected chi connectivity index (χ4v) is 1.24. The van der Waals surface area contributed by atoms with E-state index in [4.69, 9.17) is 0 Å². The quantitative estimate of drug-likeness (QED) is 0.804. The third-order valence-corrected chi connectivity index (χ3v) is 2.02. The standard InChI is InChI=1S/C11H13F3N2/c1-15-6-3-2-4-9-8-16-7-5-10(9)11(12,13)14/h2,4-5,7-8,15H,3,6H2,1H3/b4-2+. The highest BCUT2D eigenvalue weighted by Gasteiger charge is 2.32. The molecule has 1 heterocycles. The van der Waals surface area contributed by atoms with Crippen molar-refractivity contribution < 1.29 is 13.2 Å². The Morgan fingerprint density at radius 3 is 2.81 bits per heavy atom. The molecule has 2 nitrogen and oxygen atoms in total. The van der Waals surface area contributed by atoms with E-state index in [1.807, 2.05) is 0 Å². The first-order valence-electron chi connectivity index (χ1n) is 4.88. The second-order valence-electron chi connectivity index (χ2n) is 3.26. The van der Waals surface area contributed by atoms with Gasteiger partial charge in [-0.2, -0.15) is 13.2 Å². The molecule has 5 heteroatoms. The lowest BCUT2D eigenvalue weighted by Crippen LogP contribution is -2.08. The van der Waals surface area contributed by atoms with Crippen molar-refractivity contribution in [2.75, 3.05) is 13.6 Å². The maximum atomic E-state index is 12.5. The van der Waals surface area contributed by atoms with Gasteiger partial charge in [0.2, 0.25) is 0 Å². The van der Waals surface area contributed by atoms with Crippen molar-refractivity contribution in [1.29, 1.82) is 0 Å². The van der Waals surface area contributed by atoms with Crippen molar-refractivity contribution in [2.24, 2.45) is 0 Å². The Hall–Kier alpha value is -1.36. The summed E-state index contributed by atoms with van der Waals surface area (Å²) >= 11 is 0. The van der Waals surface area contributed by atoms with Crippen molar-refractivity contribution in [1.82, 2.24) is 10.3 Å². The van der Waals surface area contributed by atoms with E-state index in [2.05, 4.69) is 10.3 Å². The second kappa shape index (κ2) is 5.65. The molecule has 1 N–H and O–H groups in total. The van der Waals surface area contributed by atoms with E-state index >= 15 is 0 Å². The first-order valence-corrected chi connectivity index (χ1v) is 4.88. The van der Waals surface area contributed by atoms with Crippen LogP contribution in [0.4, 0.5) is 13.2 Å². The number of nitrogens with one attached hydrogen (secondary N) is 1. The minimum absolute atomic E-state index is 0.103. The smallest absolute Gasteiger partial charge is 0.319 e. The SMILES string of the molecule is CNCC/C=C/c1cnccc1C(F)(F)F. The van der Waals surface area contributed by atoms with Gasteiger partial charge in [-0.1, -0.05) is 12.2 Å². The van der Waals surface area contributed by atoms with E-state index < -0.39 is 11.7 Å². The largest absolute Gasteiger partial charge is 0.417 e. The van der Waals surface area contributed by atoms with E-state index in [0.717, 1.165) is 18.8 Å². The summed E-state index contributed by atoms with van der Waals surface area (Å²) < 4.78 is 37.6. The van der Waals surface area contributed by atoms with E-state index in [-0.39, 0.29) is 5.56 Å². The summed E-state index contributed by atoms with van der Waals surface area (Å²) in [6.07, 6.45) is 1.87. The molecule has 1 aromatic rings. The number of aromatic nitrogens is 1. The molecule has 0 aromatic carbocycles. The first-order chi connectivity index (χ1) is 7.55. The molecule has 0 aliphatic rings. The highest BCUT2D eigenvalue weighted by Crippen LogP contribution is 2.31. The third-order valence-electron chi connectivity index (χ3n) is 2.02. The molecule has 0 saturated carbocycles. The molecular formula is C11H13F3N2. The molecule has 0 radical (unpaired) electrons. The van der Waals surface area contributed by atoms with Crippen molar-refractivity contribution in [3.05, 3.63) is 35.7 Å². The Bertz CT molecular complexity index is 358. The molecule has 0 amide bonds. The van der Waals surface area contributed by atoms with E-state index in [1.165, 1.54) is 12.3 Å². The molecule has 0 atom stereocenters. The molecular weight excluding hydrogens is 217 g/mol. The van der Waals surface area contributed by atoms with Gasteiger partial charge < -0.3 is 5.32 Å². The van der Waals surface area contributed by atoms with Crippen LogP contribution in [-0.4, -0.2) is 18.6 Å². The Morgan fingerprint density at radius 1 is 1.44 bits per heavy atom. The minimum Gasteiger partial charge on any atom is -0.319 e. The second-order valence-corrected chi connectivity index (χ2v) is 3.26. The van der Waals surface area contributed by atoms with Crippen LogP contribution in [0.3, 0.4) is 0 Å². The number of nitrogens with zero attached hydrogens (tertiary/aromatic N) is 1. The number of rotatable bonds is 4. The van der Waals surface area contributed by atoms with Crippen LogP contribution in [0.5, 0.6) is 0 Å². The lowest BCUT2D eigenvalue weighted by molar-refractivity contribution is -0.137. The molecule has 0 fully saturated rings. The fraction of sp³-hybridized carbons (Fsp3) is 0.364. The van der Waals surface area contributed by atoms with Gasteiger partial charge in [0, 0.05) is 18.0 Å². The van der Waals surface area contributed by atoms with E-state index in [1.54, 1.807) is 13.1 Å². The molecule has 0 aliphatic carbocycles. The third kappa shape index (κ3) is 3.66. The summed E-state index contributed by atoms with van der Waals surface area (Å²) in [5.74, 6) is 0. The summed E-state index contributed by atoms with van der Waals surface area (Å²) in [4.78, 5) is 3.69. The van der Waals surface area contributed by atoms with Gasteiger partial charge in [-0.3, -0.25) is 4.98 Å². The maximum Gasteiger partial charge on any atom is 0.417 e. The number of hydrogen-bond acceptors (Lipinski definition) is 2. The molecule has 88 valence electrons. The van der Waals surface area contributed by atoms with E-state index in [9.17, 15) is 13.2 Å². The fourth-order valence-electron chi connectivity index (χ4n) is 1.24. The normalized spacial score (nSPS) is 12.2. The number of pyridine rings is 1. The van der Waals surface area contributed by atoms with Gasteiger partial charge in [-0.25, -0.2) is 0 Å². The van der Waals surface area contributed by atoms with Crippen LogP contribution < -0.4 is 5.32 Å². The van der Waals surface area contributed by atoms with Crippen LogP contribution in [0.15, 0.2) is 24.5 Å². The minimum atomic E-state index is -4.33. The molecule has 0 aliphatic heterocycles. The van der Waals surface area contributed by atoms with Crippen molar-refractivity contribution >= 4 is 6.08 Å². The average Bonchev–Trinajstić information content (AvgIpc) is 2.24. The monoisotopic (exact) mass is 230 g/mol. The molecule has 1 rings (SSSR count). The zero-order chi connectivity index (χ0) is 12.0. The molecule has 0 spiro atoms. The van der Waals surface area contributed by atoms with Gasteiger partial charge in [-0.15, -0.1) is 0 Å². The number of halogens is 3. The first kappa shape index (κ1) is 12.7. The topological polar surface area (TPSA) is 24.9 Å². The maximum absolute atomic E-state index is 12.5. The van der Waals surface area contributed by atoms with Gasteiger partial charge in [-0.05, 0) is 26.1 Å². The molecule has 0 saturated heterocycles. The van der Waals surface area contributed by atoms with Gasteiger partial charge in [0.25, 0.3) is 0 Å². The molecule has 1 aromatic heterocycles. The summed E-state index contributed by atoms with van der Waals surface area (Å²) in [6.45, 7) is 0.734. The summed E-state index contributed by atoms with van der Waals surface area (Å²) in [7, 11) is 1.79. The molecule has 16 heavy (non-hydrogen) atoms. The molecule has 0 bridgehead atoms. The van der Waals surface area contributed by atoms with Crippen LogP contribution >= 0.6 is 0 Å². The lowest BCUT2D eigenvalue weighted by Gasteiger charge is -2.08. The van der Waals surface area contributed by atoms with Crippen molar-refractivity contribution in [3.63, 3.8) is 0 Å². The Kier molecular flexibility index (Phi) is 4.49. The predicted octanol–water partition coefficient (Wildman–Crippen LogP) is 2.72. The summed E-state index contributed by atoms with van der Waals surface area (Å²) in [6, 6.07) is 0.984. The number of alkyl halides is 3. The van der Waals surface area contributed by atoms with Gasteiger partial charge >= 0.3 is 6.18 Å². The van der Waals surface area contributed by atoms with Crippen LogP contribution in [0.2, 0.25) is 0 Å². The van der Waals surface area contributed by atoms with Crippen LogP contribution in [0.1, 0.15) is 17.5 Å². The van der Waals surface area contributed by atoms with Crippen LogP contribution in [0, 0.1) is 0 Å². The van der Waals surface area contributed by atoms with Gasteiger partial charge in [0.05, 0.1) is 5.56 Å². The van der Waals surface area contributed by atoms with Crippen LogP contribution in [0.25, 0.3) is 6.08 Å². The number of hydrogen-bond donors (Lipinski definition) is 1. The highest BCUT2D eigenvalue weighted by atomic mass is 19.4. The van der Waals surface area contributed by atoms with Crippen LogP contribution in [-0.2, 0) is 6.18 Å². The lowest BCUT2D eigenvalue weighted by atomic mass is 10.1. The zero-order valence-corrected chi connectivity index (χ0v) is 8.88. The van der Waals surface area contributed by atoms with Crippen molar-refractivity contribution in [3.8, 4) is 0 Å². The Labute approximate surface area is 92.2 Å². The predicted molar refractivity (Wildman–Crippen MR) is 56.8 cm³/mol. The van der Waals surface area contributed by atoms with E-state index in [0.29, 0.717) is 6.42 Å². The average molecular weight is 230 g/mol. The highest BCUT2D eigenvalue weighted by molar-refractivity contribution is 5.53. The summed E-state index contributed by atoms with van der Waals surface area (Å²) in [5, 5.41) is 2.91. The van der Waals surface area contributed by atoms with Crippen molar-refractivity contribution in [2.45, 2.75) is 12.6 Å². The Balaban J connectivity index is 2.83. The molecule has 0 unspecified atom stereocenters. The summed E-state index contributed by atoms with van der Waals surface area (Å²) in [5.41, 5.74) is -0.547. The Morgan fingerprint density at radius 2 is 2.19 bits per heavy atom. The zero-order valence-electron chi connectivity index (χ0n) is 8.88.